The SMILES string of the molecule is CC(=O)OCC1CCOCC1N(O)c1c(N)cnc2ccsc12. The van der Waals surface area contributed by atoms with Crippen LogP contribution < -0.4 is 10.8 Å². The number of pyridine rings is 1. The second-order valence-electron chi connectivity index (χ2n) is 5.54. The maximum Gasteiger partial charge on any atom is 0.302 e. The van der Waals surface area contributed by atoms with Gasteiger partial charge >= 0.3 is 5.97 Å². The number of rotatable bonds is 4. The van der Waals surface area contributed by atoms with Crippen LogP contribution in [0.1, 0.15) is 13.3 Å². The van der Waals surface area contributed by atoms with Gasteiger partial charge in [0.2, 0.25) is 0 Å². The van der Waals surface area contributed by atoms with Gasteiger partial charge in [0, 0.05) is 19.4 Å². The minimum atomic E-state index is -0.335. The van der Waals surface area contributed by atoms with Gasteiger partial charge < -0.3 is 15.2 Å². The van der Waals surface area contributed by atoms with E-state index in [1.165, 1.54) is 18.3 Å². The van der Waals surface area contributed by atoms with Gasteiger partial charge in [-0.3, -0.25) is 15.0 Å². The molecule has 2 aromatic heterocycles. The predicted octanol–water partition coefficient (Wildman–Crippen LogP) is 2.04. The molecule has 1 aliphatic rings. The normalized spacial score (nSPS) is 21.3. The van der Waals surface area contributed by atoms with Crippen molar-refractivity contribution in [3.8, 4) is 0 Å². The van der Waals surface area contributed by atoms with Gasteiger partial charge in [-0.15, -0.1) is 11.3 Å². The van der Waals surface area contributed by atoms with Crippen LogP contribution in [0.2, 0.25) is 0 Å². The van der Waals surface area contributed by atoms with Crippen LogP contribution >= 0.6 is 11.3 Å². The van der Waals surface area contributed by atoms with E-state index in [1.807, 2.05) is 11.4 Å². The lowest BCUT2D eigenvalue weighted by Crippen LogP contribution is -2.47. The molecule has 0 spiro atoms. The molecule has 0 bridgehead atoms. The minimum absolute atomic E-state index is 0.0276. The van der Waals surface area contributed by atoms with Crippen LogP contribution in [0.3, 0.4) is 0 Å². The maximum absolute atomic E-state index is 11.1. The summed E-state index contributed by atoms with van der Waals surface area (Å²) in [5.41, 5.74) is 7.76. The van der Waals surface area contributed by atoms with Crippen molar-refractivity contribution < 1.29 is 19.5 Å². The Morgan fingerprint density at radius 2 is 2.48 bits per heavy atom. The smallest absolute Gasteiger partial charge is 0.302 e. The number of nitrogens with zero attached hydrogens (tertiary/aromatic N) is 2. The average molecular weight is 337 g/mol. The molecular formula is C15H19N3O4S. The number of hydrogen-bond donors (Lipinski definition) is 2. The fourth-order valence-corrected chi connectivity index (χ4v) is 3.67. The quantitative estimate of drug-likeness (QED) is 0.651. The summed E-state index contributed by atoms with van der Waals surface area (Å²) in [4.78, 5) is 15.3. The van der Waals surface area contributed by atoms with E-state index in [0.717, 1.165) is 15.3 Å². The lowest BCUT2D eigenvalue weighted by atomic mass is 9.95. The molecule has 0 aliphatic carbocycles. The van der Waals surface area contributed by atoms with Gasteiger partial charge in [0.15, 0.2) is 0 Å². The minimum Gasteiger partial charge on any atom is -0.465 e. The van der Waals surface area contributed by atoms with E-state index < -0.39 is 0 Å². The molecular weight excluding hydrogens is 318 g/mol. The van der Waals surface area contributed by atoms with Crippen molar-refractivity contribution in [3.63, 3.8) is 0 Å². The maximum atomic E-state index is 11.1. The highest BCUT2D eigenvalue weighted by Gasteiger charge is 2.33. The summed E-state index contributed by atoms with van der Waals surface area (Å²) >= 11 is 1.47. The number of hydrogen-bond acceptors (Lipinski definition) is 8. The summed E-state index contributed by atoms with van der Waals surface area (Å²) in [6, 6.07) is 1.54. The molecule has 3 heterocycles. The third kappa shape index (κ3) is 3.24. The zero-order valence-electron chi connectivity index (χ0n) is 12.8. The number of anilines is 2. The highest BCUT2D eigenvalue weighted by atomic mass is 32.1. The monoisotopic (exact) mass is 337 g/mol. The molecule has 2 aromatic rings. The van der Waals surface area contributed by atoms with Crippen molar-refractivity contribution in [1.29, 1.82) is 0 Å². The second-order valence-corrected chi connectivity index (χ2v) is 6.45. The Bertz CT molecular complexity index is 705. The van der Waals surface area contributed by atoms with Gasteiger partial charge in [-0.05, 0) is 17.9 Å². The van der Waals surface area contributed by atoms with Gasteiger partial charge in [-0.25, -0.2) is 5.06 Å². The van der Waals surface area contributed by atoms with Crippen LogP contribution in [-0.4, -0.2) is 42.0 Å². The fourth-order valence-electron chi connectivity index (χ4n) is 2.77. The summed E-state index contributed by atoms with van der Waals surface area (Å²) < 4.78 is 11.5. The molecule has 1 aliphatic heterocycles. The van der Waals surface area contributed by atoms with Gasteiger partial charge in [0.1, 0.15) is 5.69 Å². The summed E-state index contributed by atoms with van der Waals surface area (Å²) in [5.74, 6) is -0.357. The molecule has 23 heavy (non-hydrogen) atoms. The molecule has 124 valence electrons. The van der Waals surface area contributed by atoms with Crippen LogP contribution in [0.25, 0.3) is 10.2 Å². The molecule has 7 nitrogen and oxygen atoms in total. The molecule has 1 saturated heterocycles. The first-order chi connectivity index (χ1) is 11.1. The molecule has 2 atom stereocenters. The van der Waals surface area contributed by atoms with E-state index >= 15 is 0 Å². The Balaban J connectivity index is 1.89. The van der Waals surface area contributed by atoms with E-state index in [4.69, 9.17) is 15.2 Å². The van der Waals surface area contributed by atoms with Gasteiger partial charge in [-0.1, -0.05) is 0 Å². The number of fused-ring (bicyclic) bond motifs is 1. The zero-order valence-corrected chi connectivity index (χ0v) is 13.6. The average Bonchev–Trinajstić information content (AvgIpc) is 3.01. The highest BCUT2D eigenvalue weighted by molar-refractivity contribution is 7.17. The Morgan fingerprint density at radius 3 is 3.26 bits per heavy atom. The molecule has 0 amide bonds. The number of nitrogens with two attached hydrogens (primary N) is 1. The first-order valence-corrected chi connectivity index (χ1v) is 8.26. The highest BCUT2D eigenvalue weighted by Crippen LogP contribution is 2.37. The topological polar surface area (TPSA) is 97.9 Å². The van der Waals surface area contributed by atoms with Crippen LogP contribution in [0.15, 0.2) is 17.6 Å². The first-order valence-electron chi connectivity index (χ1n) is 7.39. The zero-order chi connectivity index (χ0) is 16.4. The first kappa shape index (κ1) is 16.0. The fraction of sp³-hybridized carbons (Fsp3) is 0.467. The molecule has 0 aromatic carbocycles. The van der Waals surface area contributed by atoms with Gasteiger partial charge in [0.25, 0.3) is 0 Å². The van der Waals surface area contributed by atoms with E-state index in [-0.39, 0.29) is 24.5 Å². The number of carbonyl (C=O) groups is 1. The van der Waals surface area contributed by atoms with E-state index in [2.05, 4.69) is 4.98 Å². The number of aromatic nitrogens is 1. The number of ether oxygens (including phenoxy) is 2. The van der Waals surface area contributed by atoms with Gasteiger partial charge in [0.05, 0.1) is 41.4 Å². The summed E-state index contributed by atoms with van der Waals surface area (Å²) in [7, 11) is 0. The summed E-state index contributed by atoms with van der Waals surface area (Å²) in [6.45, 7) is 2.55. The Labute approximate surface area is 137 Å². The molecule has 8 heteroatoms. The van der Waals surface area contributed by atoms with Crippen LogP contribution in [-0.2, 0) is 14.3 Å². The molecule has 0 radical (unpaired) electrons. The molecule has 0 saturated carbocycles. The van der Waals surface area contributed by atoms with Crippen molar-refractivity contribution >= 4 is 38.9 Å². The summed E-state index contributed by atoms with van der Waals surface area (Å²) in [5, 5.41) is 13.9. The van der Waals surface area contributed by atoms with E-state index in [1.54, 1.807) is 6.20 Å². The van der Waals surface area contributed by atoms with Crippen molar-refractivity contribution in [3.05, 3.63) is 17.6 Å². The Kier molecular flexibility index (Phi) is 4.65. The largest absolute Gasteiger partial charge is 0.465 e. The third-order valence-corrected chi connectivity index (χ3v) is 4.90. The van der Waals surface area contributed by atoms with Crippen LogP contribution in [0.5, 0.6) is 0 Å². The lowest BCUT2D eigenvalue weighted by molar-refractivity contribution is -0.144. The van der Waals surface area contributed by atoms with Crippen LogP contribution in [0, 0.1) is 5.92 Å². The molecule has 3 rings (SSSR count). The van der Waals surface area contributed by atoms with E-state index in [9.17, 15) is 10.0 Å². The number of esters is 1. The number of hydroxylamine groups is 1. The number of carbonyl (C=O) groups excluding carboxylic acids is 1. The standard InChI is InChI=1S/C15H19N3O4S/c1-9(19)22-7-10-2-4-21-8-13(10)18(20)14-11(16)6-17-12-3-5-23-15(12)14/h3,5-6,10,13,20H,2,4,7-8,16H2,1H3. The lowest BCUT2D eigenvalue weighted by Gasteiger charge is -2.37. The number of thiophene rings is 1. The second kappa shape index (κ2) is 6.69. The van der Waals surface area contributed by atoms with Crippen molar-refractivity contribution in [2.24, 2.45) is 5.92 Å². The Morgan fingerprint density at radius 1 is 1.65 bits per heavy atom. The molecule has 1 fully saturated rings. The predicted molar refractivity (Wildman–Crippen MR) is 87.6 cm³/mol. The van der Waals surface area contributed by atoms with Gasteiger partial charge in [-0.2, -0.15) is 0 Å². The van der Waals surface area contributed by atoms with Crippen molar-refractivity contribution in [1.82, 2.24) is 4.98 Å². The summed E-state index contributed by atoms with van der Waals surface area (Å²) in [6.07, 6.45) is 2.24. The molecule has 2 unspecified atom stereocenters. The number of nitrogen functional groups attached to an aromatic ring is 1. The third-order valence-electron chi connectivity index (χ3n) is 3.99. The van der Waals surface area contributed by atoms with E-state index in [0.29, 0.717) is 31.0 Å². The van der Waals surface area contributed by atoms with Crippen LogP contribution in [0.4, 0.5) is 11.4 Å². The van der Waals surface area contributed by atoms with Crippen molar-refractivity contribution in [2.45, 2.75) is 19.4 Å². The Hall–Kier alpha value is -1.90. The molecule has 3 N–H and O–H groups in total. The van der Waals surface area contributed by atoms with Crippen molar-refractivity contribution in [2.75, 3.05) is 30.6 Å².